The molecule has 66 valence electrons. The maximum absolute atomic E-state index is 9.44. The lowest BCUT2D eigenvalue weighted by Gasteiger charge is -1.99. The Balaban J connectivity index is 2.53. The van der Waals surface area contributed by atoms with Crippen molar-refractivity contribution < 1.29 is 10.2 Å². The average molecular weight is 194 g/mol. The predicted octanol–water partition coefficient (Wildman–Crippen LogP) is 1.62. The van der Waals surface area contributed by atoms with E-state index in [4.69, 9.17) is 5.11 Å². The summed E-state index contributed by atoms with van der Waals surface area (Å²) in [6.45, 7) is 0. The molecule has 0 fully saturated rings. The topological polar surface area (TPSA) is 66.2 Å². The summed E-state index contributed by atoms with van der Waals surface area (Å²) in [7, 11) is 0. The summed E-state index contributed by atoms with van der Waals surface area (Å²) in [6.07, 6.45) is 0. The molecule has 2 rings (SSSR count). The van der Waals surface area contributed by atoms with Gasteiger partial charge in [-0.1, -0.05) is 4.49 Å². The average Bonchev–Trinajstić information content (AvgIpc) is 2.56. The third kappa shape index (κ3) is 1.46. The van der Waals surface area contributed by atoms with E-state index in [2.05, 4.69) is 9.59 Å². The molecule has 0 spiro atoms. The first-order valence-electron chi connectivity index (χ1n) is 3.57. The van der Waals surface area contributed by atoms with Gasteiger partial charge in [0.05, 0.1) is 0 Å². The lowest BCUT2D eigenvalue weighted by atomic mass is 10.1. The van der Waals surface area contributed by atoms with Crippen molar-refractivity contribution in [3.05, 3.63) is 23.6 Å². The van der Waals surface area contributed by atoms with Gasteiger partial charge in [0.2, 0.25) is 0 Å². The van der Waals surface area contributed by atoms with Crippen LogP contribution in [0.1, 0.15) is 0 Å². The Labute approximate surface area is 78.3 Å². The van der Waals surface area contributed by atoms with Crippen molar-refractivity contribution in [1.29, 1.82) is 0 Å². The van der Waals surface area contributed by atoms with Crippen molar-refractivity contribution in [3.8, 4) is 22.8 Å². The summed E-state index contributed by atoms with van der Waals surface area (Å²) in [4.78, 5) is 0. The molecular weight excluding hydrogens is 188 g/mol. The number of nitrogens with zero attached hydrogens (tertiary/aromatic N) is 2. The standard InChI is InChI=1S/C8H6N2O2S/c11-5-1-2-6(8(12)3-5)7-4-13-10-9-7/h1-4,11-12H. The third-order valence-electron chi connectivity index (χ3n) is 1.62. The maximum Gasteiger partial charge on any atom is 0.128 e. The molecule has 2 aromatic rings. The molecule has 0 atom stereocenters. The molecule has 0 aliphatic heterocycles. The van der Waals surface area contributed by atoms with Gasteiger partial charge in [0, 0.05) is 17.0 Å². The van der Waals surface area contributed by atoms with Gasteiger partial charge in [-0.25, -0.2) is 0 Å². The molecule has 0 saturated heterocycles. The monoisotopic (exact) mass is 194 g/mol. The van der Waals surface area contributed by atoms with E-state index in [0.717, 1.165) is 0 Å². The Morgan fingerprint density at radius 3 is 2.69 bits per heavy atom. The Morgan fingerprint density at radius 1 is 1.23 bits per heavy atom. The molecule has 0 aliphatic carbocycles. The number of rotatable bonds is 1. The summed E-state index contributed by atoms with van der Waals surface area (Å²) in [5.41, 5.74) is 1.19. The fourth-order valence-electron chi connectivity index (χ4n) is 1.02. The number of phenolic OH excluding ortho intramolecular Hbond substituents is 2. The quantitative estimate of drug-likeness (QED) is 0.723. The fourth-order valence-corrected chi connectivity index (χ4v) is 1.47. The summed E-state index contributed by atoms with van der Waals surface area (Å²) >= 11 is 1.21. The van der Waals surface area contributed by atoms with Crippen molar-refractivity contribution in [2.24, 2.45) is 0 Å². The first-order chi connectivity index (χ1) is 6.27. The first kappa shape index (κ1) is 8.00. The summed E-state index contributed by atoms with van der Waals surface area (Å²) in [5.74, 6) is 0.0390. The van der Waals surface area contributed by atoms with E-state index in [9.17, 15) is 5.11 Å². The molecule has 0 amide bonds. The van der Waals surface area contributed by atoms with Gasteiger partial charge in [0.1, 0.15) is 17.2 Å². The van der Waals surface area contributed by atoms with Crippen LogP contribution in [-0.4, -0.2) is 19.8 Å². The van der Waals surface area contributed by atoms with E-state index >= 15 is 0 Å². The molecule has 0 saturated carbocycles. The van der Waals surface area contributed by atoms with Gasteiger partial charge in [-0.15, -0.1) is 5.10 Å². The largest absolute Gasteiger partial charge is 0.508 e. The van der Waals surface area contributed by atoms with Gasteiger partial charge in [-0.2, -0.15) is 0 Å². The molecule has 1 heterocycles. The van der Waals surface area contributed by atoms with Gasteiger partial charge in [0.15, 0.2) is 0 Å². The second-order valence-electron chi connectivity index (χ2n) is 2.49. The minimum atomic E-state index is 0.00713. The number of benzene rings is 1. The zero-order valence-electron chi connectivity index (χ0n) is 6.51. The molecule has 1 aromatic carbocycles. The minimum absolute atomic E-state index is 0.00713. The van der Waals surface area contributed by atoms with Crippen LogP contribution >= 0.6 is 11.5 Å². The van der Waals surface area contributed by atoms with Crippen molar-refractivity contribution in [1.82, 2.24) is 9.59 Å². The highest BCUT2D eigenvalue weighted by Crippen LogP contribution is 2.30. The van der Waals surface area contributed by atoms with Crippen LogP contribution in [0.15, 0.2) is 23.6 Å². The minimum Gasteiger partial charge on any atom is -0.508 e. The fraction of sp³-hybridized carbons (Fsp3) is 0. The van der Waals surface area contributed by atoms with Gasteiger partial charge >= 0.3 is 0 Å². The van der Waals surface area contributed by atoms with Gasteiger partial charge in [-0.05, 0) is 23.7 Å². The lowest BCUT2D eigenvalue weighted by molar-refractivity contribution is 0.452. The molecule has 0 aliphatic rings. The third-order valence-corrected chi connectivity index (χ3v) is 2.12. The number of phenols is 2. The highest BCUT2D eigenvalue weighted by atomic mass is 32.1. The second-order valence-corrected chi connectivity index (χ2v) is 3.10. The summed E-state index contributed by atoms with van der Waals surface area (Å²) in [5, 5.41) is 24.0. The Kier molecular flexibility index (Phi) is 1.86. The molecule has 1 aromatic heterocycles. The van der Waals surface area contributed by atoms with Crippen LogP contribution in [0.3, 0.4) is 0 Å². The smallest absolute Gasteiger partial charge is 0.128 e. The normalized spacial score (nSPS) is 10.2. The molecule has 5 heteroatoms. The summed E-state index contributed by atoms with van der Waals surface area (Å²) < 4.78 is 3.68. The second kappa shape index (κ2) is 3.02. The molecule has 13 heavy (non-hydrogen) atoms. The summed E-state index contributed by atoms with van der Waals surface area (Å²) in [6, 6.07) is 4.37. The SMILES string of the molecule is Oc1ccc(-c2csnn2)c(O)c1. The Morgan fingerprint density at radius 2 is 2.08 bits per heavy atom. The lowest BCUT2D eigenvalue weighted by Crippen LogP contribution is -1.78. The number of hydrogen-bond donors (Lipinski definition) is 2. The number of hydrogen-bond acceptors (Lipinski definition) is 5. The van der Waals surface area contributed by atoms with Crippen molar-refractivity contribution >= 4 is 11.5 Å². The zero-order valence-corrected chi connectivity index (χ0v) is 7.32. The molecule has 2 N–H and O–H groups in total. The zero-order chi connectivity index (χ0) is 9.26. The number of aromatic hydroxyl groups is 2. The molecule has 0 radical (unpaired) electrons. The van der Waals surface area contributed by atoms with Crippen molar-refractivity contribution in [2.45, 2.75) is 0 Å². The van der Waals surface area contributed by atoms with Crippen LogP contribution in [0.25, 0.3) is 11.3 Å². The highest BCUT2D eigenvalue weighted by Gasteiger charge is 2.06. The molecule has 0 unspecified atom stereocenters. The molecule has 0 bridgehead atoms. The Bertz CT molecular complexity index is 414. The highest BCUT2D eigenvalue weighted by molar-refractivity contribution is 7.03. The van der Waals surface area contributed by atoms with Crippen LogP contribution in [0.4, 0.5) is 0 Å². The number of aromatic nitrogens is 2. The van der Waals surface area contributed by atoms with E-state index in [1.165, 1.54) is 23.7 Å². The van der Waals surface area contributed by atoms with Crippen LogP contribution < -0.4 is 0 Å². The molecule has 4 nitrogen and oxygen atoms in total. The maximum atomic E-state index is 9.44. The van der Waals surface area contributed by atoms with E-state index in [-0.39, 0.29) is 11.5 Å². The van der Waals surface area contributed by atoms with Crippen molar-refractivity contribution in [3.63, 3.8) is 0 Å². The Hall–Kier alpha value is -1.62. The van der Waals surface area contributed by atoms with E-state index in [0.29, 0.717) is 11.3 Å². The molecular formula is C8H6N2O2S. The van der Waals surface area contributed by atoms with Crippen LogP contribution in [-0.2, 0) is 0 Å². The predicted molar refractivity (Wildman–Crippen MR) is 48.7 cm³/mol. The van der Waals surface area contributed by atoms with E-state index in [1.807, 2.05) is 0 Å². The van der Waals surface area contributed by atoms with Gasteiger partial charge in [0.25, 0.3) is 0 Å². The van der Waals surface area contributed by atoms with Crippen LogP contribution in [0, 0.1) is 0 Å². The van der Waals surface area contributed by atoms with Gasteiger partial charge in [-0.3, -0.25) is 0 Å². The van der Waals surface area contributed by atoms with E-state index in [1.54, 1.807) is 11.4 Å². The first-order valence-corrected chi connectivity index (χ1v) is 4.40. The van der Waals surface area contributed by atoms with Crippen LogP contribution in [0.5, 0.6) is 11.5 Å². The van der Waals surface area contributed by atoms with Crippen molar-refractivity contribution in [2.75, 3.05) is 0 Å². The van der Waals surface area contributed by atoms with Crippen LogP contribution in [0.2, 0.25) is 0 Å². The van der Waals surface area contributed by atoms with E-state index < -0.39 is 0 Å². The van der Waals surface area contributed by atoms with Gasteiger partial charge < -0.3 is 10.2 Å².